The number of esters is 1. The largest absolute Gasteiger partial charge is 0.508 e. The quantitative estimate of drug-likeness (QED) is 0.222. The van der Waals surface area contributed by atoms with Crippen molar-refractivity contribution < 1.29 is 39.2 Å². The van der Waals surface area contributed by atoms with Crippen molar-refractivity contribution in [2.24, 2.45) is 11.5 Å². The van der Waals surface area contributed by atoms with Crippen LogP contribution < -0.4 is 11.5 Å². The first-order chi connectivity index (χ1) is 16.0. The molecule has 10 nitrogen and oxygen atoms in total. The van der Waals surface area contributed by atoms with Crippen LogP contribution in [0.25, 0.3) is 0 Å². The standard InChI is InChI=1S/C24H28N2O8/c1-2-34-24(33)20(26)10-14-4-6-16(28)12-18(14)22(30)8-7-21(29)17-11-15(27)5-3-13(17)9-19(25)23(31)32/h3-6,11-12,19-20,27-28H,2,7-10,25-26H2,1H3,(H,31,32). The molecule has 0 saturated heterocycles. The second-order valence-corrected chi connectivity index (χ2v) is 7.74. The molecule has 182 valence electrons. The minimum atomic E-state index is -1.24. The van der Waals surface area contributed by atoms with Crippen molar-refractivity contribution in [2.75, 3.05) is 6.61 Å². The highest BCUT2D eigenvalue weighted by Gasteiger charge is 2.22. The van der Waals surface area contributed by atoms with Crippen molar-refractivity contribution >= 4 is 23.5 Å². The Balaban J connectivity index is 2.18. The summed E-state index contributed by atoms with van der Waals surface area (Å²) in [6.07, 6.45) is -0.606. The van der Waals surface area contributed by atoms with Gasteiger partial charge in [0.1, 0.15) is 23.6 Å². The van der Waals surface area contributed by atoms with Crippen LogP contribution in [0, 0.1) is 0 Å². The first-order valence-corrected chi connectivity index (χ1v) is 10.6. The van der Waals surface area contributed by atoms with E-state index in [0.717, 1.165) is 0 Å². The van der Waals surface area contributed by atoms with Crippen LogP contribution in [0.3, 0.4) is 0 Å². The second-order valence-electron chi connectivity index (χ2n) is 7.74. The molecule has 7 N–H and O–H groups in total. The predicted molar refractivity (Wildman–Crippen MR) is 122 cm³/mol. The van der Waals surface area contributed by atoms with E-state index in [4.69, 9.17) is 21.3 Å². The van der Waals surface area contributed by atoms with Crippen LogP contribution in [0.4, 0.5) is 0 Å². The number of phenolic OH excluding ortho intramolecular Hbond substituents is 2. The van der Waals surface area contributed by atoms with E-state index in [-0.39, 0.29) is 54.9 Å². The highest BCUT2D eigenvalue weighted by Crippen LogP contribution is 2.23. The molecule has 0 radical (unpaired) electrons. The zero-order valence-electron chi connectivity index (χ0n) is 18.7. The number of carbonyl (C=O) groups excluding carboxylic acids is 3. The first-order valence-electron chi connectivity index (χ1n) is 10.6. The number of nitrogens with two attached hydrogens (primary N) is 2. The Hall–Kier alpha value is -3.76. The Morgan fingerprint density at radius 1 is 0.824 bits per heavy atom. The molecule has 0 bridgehead atoms. The smallest absolute Gasteiger partial charge is 0.323 e. The Bertz CT molecular complexity index is 1080. The molecular weight excluding hydrogens is 444 g/mol. The average molecular weight is 472 g/mol. The maximum absolute atomic E-state index is 12.9. The van der Waals surface area contributed by atoms with Crippen molar-refractivity contribution in [3.05, 3.63) is 58.7 Å². The number of Topliss-reactive ketones (excluding diaryl/α,β-unsaturated/α-hetero) is 2. The van der Waals surface area contributed by atoms with Crippen molar-refractivity contribution in [1.29, 1.82) is 0 Å². The SMILES string of the molecule is CCOC(=O)C(N)Cc1ccc(O)cc1C(=O)CCC(=O)c1cc(O)ccc1CC(N)C(=O)O. The van der Waals surface area contributed by atoms with Crippen molar-refractivity contribution in [1.82, 2.24) is 0 Å². The number of aliphatic carboxylic acids is 1. The van der Waals surface area contributed by atoms with Crippen LogP contribution in [0.15, 0.2) is 36.4 Å². The number of carboxylic acids is 1. The lowest BCUT2D eigenvalue weighted by Crippen LogP contribution is -2.34. The van der Waals surface area contributed by atoms with E-state index in [1.54, 1.807) is 6.92 Å². The van der Waals surface area contributed by atoms with Crippen molar-refractivity contribution in [2.45, 2.75) is 44.7 Å². The minimum Gasteiger partial charge on any atom is -0.508 e. The summed E-state index contributed by atoms with van der Waals surface area (Å²) in [6.45, 7) is 1.80. The molecule has 2 unspecified atom stereocenters. The van der Waals surface area contributed by atoms with Gasteiger partial charge in [-0.1, -0.05) is 12.1 Å². The lowest BCUT2D eigenvalue weighted by atomic mass is 9.92. The summed E-state index contributed by atoms with van der Waals surface area (Å²) in [5.41, 5.74) is 12.4. The fourth-order valence-corrected chi connectivity index (χ4v) is 3.39. The Kier molecular flexibility index (Phi) is 9.28. The molecule has 34 heavy (non-hydrogen) atoms. The molecule has 0 aliphatic carbocycles. The third-order valence-corrected chi connectivity index (χ3v) is 5.15. The monoisotopic (exact) mass is 472 g/mol. The van der Waals surface area contributed by atoms with E-state index in [2.05, 4.69) is 0 Å². The van der Waals surface area contributed by atoms with E-state index in [1.165, 1.54) is 36.4 Å². The van der Waals surface area contributed by atoms with E-state index in [1.807, 2.05) is 0 Å². The van der Waals surface area contributed by atoms with Gasteiger partial charge in [-0.2, -0.15) is 0 Å². The van der Waals surface area contributed by atoms with Gasteiger partial charge in [0, 0.05) is 24.0 Å². The molecule has 10 heteroatoms. The first kappa shape index (κ1) is 26.5. The van der Waals surface area contributed by atoms with Crippen LogP contribution in [0.1, 0.15) is 51.6 Å². The van der Waals surface area contributed by atoms with E-state index in [9.17, 15) is 29.4 Å². The van der Waals surface area contributed by atoms with Gasteiger partial charge in [-0.15, -0.1) is 0 Å². The minimum absolute atomic E-state index is 0.00207. The summed E-state index contributed by atoms with van der Waals surface area (Å²) in [6, 6.07) is 5.77. The summed E-state index contributed by atoms with van der Waals surface area (Å²) >= 11 is 0. The molecule has 2 aromatic rings. The number of phenols is 2. The number of ketones is 2. The fraction of sp³-hybridized carbons (Fsp3) is 0.333. The Morgan fingerprint density at radius 3 is 1.68 bits per heavy atom. The van der Waals surface area contributed by atoms with E-state index >= 15 is 0 Å². The number of carbonyl (C=O) groups is 4. The molecule has 2 atom stereocenters. The van der Waals surface area contributed by atoms with Gasteiger partial charge >= 0.3 is 11.9 Å². The van der Waals surface area contributed by atoms with Gasteiger partial charge in [-0.25, -0.2) is 0 Å². The number of rotatable bonds is 12. The van der Waals surface area contributed by atoms with Crippen molar-refractivity contribution in [3.63, 3.8) is 0 Å². The molecule has 0 saturated carbocycles. The van der Waals surface area contributed by atoms with Crippen molar-refractivity contribution in [3.8, 4) is 11.5 Å². The van der Waals surface area contributed by atoms with Gasteiger partial charge in [-0.05, 0) is 55.2 Å². The molecule has 0 spiro atoms. The second kappa shape index (κ2) is 11.9. The van der Waals surface area contributed by atoms with Crippen LogP contribution in [-0.4, -0.2) is 57.5 Å². The third-order valence-electron chi connectivity index (χ3n) is 5.15. The van der Waals surface area contributed by atoms with Gasteiger partial charge in [0.2, 0.25) is 0 Å². The molecule has 0 aliphatic rings. The average Bonchev–Trinajstić information content (AvgIpc) is 2.79. The van der Waals surface area contributed by atoms with E-state index < -0.39 is 35.6 Å². The van der Waals surface area contributed by atoms with Crippen LogP contribution >= 0.6 is 0 Å². The maximum atomic E-state index is 12.9. The Morgan fingerprint density at radius 2 is 1.26 bits per heavy atom. The zero-order chi connectivity index (χ0) is 25.4. The zero-order valence-corrected chi connectivity index (χ0v) is 18.7. The molecule has 0 heterocycles. The van der Waals surface area contributed by atoms with Gasteiger partial charge in [-0.3, -0.25) is 19.2 Å². The summed E-state index contributed by atoms with van der Waals surface area (Å²) in [4.78, 5) is 48.6. The molecule has 0 aromatic heterocycles. The lowest BCUT2D eigenvalue weighted by molar-refractivity contribution is -0.144. The molecule has 0 fully saturated rings. The lowest BCUT2D eigenvalue weighted by Gasteiger charge is -2.14. The summed E-state index contributed by atoms with van der Waals surface area (Å²) in [7, 11) is 0. The predicted octanol–water partition coefficient (Wildman–Crippen LogP) is 1.33. The van der Waals surface area contributed by atoms with Crippen LogP contribution in [0.5, 0.6) is 11.5 Å². The van der Waals surface area contributed by atoms with Gasteiger partial charge in [0.15, 0.2) is 11.6 Å². The van der Waals surface area contributed by atoms with Crippen LogP contribution in [0.2, 0.25) is 0 Å². The molecule has 2 rings (SSSR count). The number of hydrogen-bond acceptors (Lipinski definition) is 9. The number of ether oxygens (including phenoxy) is 1. The number of hydrogen-bond donors (Lipinski definition) is 5. The van der Waals surface area contributed by atoms with Gasteiger partial charge < -0.3 is 31.5 Å². The summed E-state index contributed by atoms with van der Waals surface area (Å²) in [5.74, 6) is -3.16. The molecule has 2 aromatic carbocycles. The fourth-order valence-electron chi connectivity index (χ4n) is 3.39. The molecular formula is C24H28N2O8. The Labute approximate surface area is 196 Å². The van der Waals surface area contributed by atoms with Crippen LogP contribution in [-0.2, 0) is 27.2 Å². The highest BCUT2D eigenvalue weighted by atomic mass is 16.5. The number of aromatic hydroxyl groups is 2. The normalized spacial score (nSPS) is 12.6. The van der Waals surface area contributed by atoms with Gasteiger partial charge in [0.25, 0.3) is 0 Å². The van der Waals surface area contributed by atoms with Gasteiger partial charge in [0.05, 0.1) is 6.61 Å². The molecule has 0 amide bonds. The summed E-state index contributed by atoms with van der Waals surface area (Å²) in [5, 5.41) is 28.7. The highest BCUT2D eigenvalue weighted by molar-refractivity contribution is 6.04. The van der Waals surface area contributed by atoms with E-state index in [0.29, 0.717) is 11.1 Å². The molecule has 0 aliphatic heterocycles. The topological polar surface area (TPSA) is 190 Å². The number of benzene rings is 2. The maximum Gasteiger partial charge on any atom is 0.323 e. The third kappa shape index (κ3) is 7.12. The summed E-state index contributed by atoms with van der Waals surface area (Å²) < 4.78 is 4.88. The number of carboxylic acid groups (broad SMARTS) is 1.